The molecular weight excluding hydrogens is 272 g/mol. The molecule has 110 valence electrons. The number of amides is 2. The summed E-state index contributed by atoms with van der Waals surface area (Å²) in [6, 6.07) is 5.55. The summed E-state index contributed by atoms with van der Waals surface area (Å²) in [7, 11) is 3.23. The first-order chi connectivity index (χ1) is 9.40. The maximum atomic E-state index is 12.2. The van der Waals surface area contributed by atoms with Crippen molar-refractivity contribution in [1.82, 2.24) is 15.8 Å². The molecule has 0 saturated carbocycles. The monoisotopic (exact) mass is 287 g/mol. The van der Waals surface area contributed by atoms with Crippen molar-refractivity contribution in [2.75, 3.05) is 20.6 Å². The van der Waals surface area contributed by atoms with Crippen molar-refractivity contribution in [3.63, 3.8) is 0 Å². The number of hydrogen-bond donors (Lipinski definition) is 2. The summed E-state index contributed by atoms with van der Waals surface area (Å²) in [5, 5.41) is 3.73. The molecule has 0 heterocycles. The molecule has 0 unspecified atom stereocenters. The maximum absolute atomic E-state index is 12.2. The van der Waals surface area contributed by atoms with Crippen LogP contribution in [0.4, 0.5) is 8.78 Å². The van der Waals surface area contributed by atoms with Crippen LogP contribution in [0.25, 0.3) is 0 Å². The van der Waals surface area contributed by atoms with Gasteiger partial charge in [-0.15, -0.1) is 0 Å². The average molecular weight is 287 g/mol. The van der Waals surface area contributed by atoms with E-state index in [-0.39, 0.29) is 17.9 Å². The first-order valence-corrected chi connectivity index (χ1v) is 5.69. The van der Waals surface area contributed by atoms with Crippen LogP contribution >= 0.6 is 0 Å². The zero-order valence-electron chi connectivity index (χ0n) is 11.0. The minimum absolute atomic E-state index is 0.0644. The van der Waals surface area contributed by atoms with Gasteiger partial charge >= 0.3 is 6.61 Å². The fourth-order valence-electron chi connectivity index (χ4n) is 1.40. The highest BCUT2D eigenvalue weighted by Gasteiger charge is 2.15. The third-order valence-electron chi connectivity index (χ3n) is 2.11. The van der Waals surface area contributed by atoms with Crippen LogP contribution in [0.3, 0.4) is 0 Å². The summed E-state index contributed by atoms with van der Waals surface area (Å²) in [5.74, 6) is -1.35. The van der Waals surface area contributed by atoms with Gasteiger partial charge in [0.2, 0.25) is 0 Å². The fourth-order valence-corrected chi connectivity index (χ4v) is 1.40. The predicted molar refractivity (Wildman–Crippen MR) is 67.2 cm³/mol. The Balaban J connectivity index is 2.66. The van der Waals surface area contributed by atoms with E-state index in [1.165, 1.54) is 29.3 Å². The minimum atomic E-state index is -3.03. The zero-order valence-corrected chi connectivity index (χ0v) is 11.0. The van der Waals surface area contributed by atoms with Crippen molar-refractivity contribution >= 4 is 11.8 Å². The molecule has 8 heteroatoms. The number of hydrazine groups is 1. The number of nitrogens with one attached hydrogen (secondary N) is 2. The van der Waals surface area contributed by atoms with Crippen molar-refractivity contribution < 1.29 is 23.1 Å². The Morgan fingerprint density at radius 3 is 2.55 bits per heavy atom. The Morgan fingerprint density at radius 2 is 1.95 bits per heavy atom. The van der Waals surface area contributed by atoms with Crippen molar-refractivity contribution in [3.8, 4) is 5.75 Å². The lowest BCUT2D eigenvalue weighted by Crippen LogP contribution is -2.43. The average Bonchev–Trinajstić information content (AvgIpc) is 2.35. The molecule has 0 saturated heterocycles. The van der Waals surface area contributed by atoms with Gasteiger partial charge in [0.05, 0.1) is 12.1 Å². The molecule has 0 atom stereocenters. The lowest BCUT2D eigenvalue weighted by Gasteiger charge is -2.13. The first-order valence-electron chi connectivity index (χ1n) is 5.69. The molecule has 20 heavy (non-hydrogen) atoms. The van der Waals surface area contributed by atoms with Crippen molar-refractivity contribution in [2.45, 2.75) is 6.61 Å². The molecule has 2 amide bonds. The third-order valence-corrected chi connectivity index (χ3v) is 2.11. The van der Waals surface area contributed by atoms with Gasteiger partial charge in [-0.3, -0.25) is 15.0 Å². The number of carbonyl (C=O) groups is 2. The molecule has 0 spiro atoms. The fraction of sp³-hybridized carbons (Fsp3) is 0.333. The van der Waals surface area contributed by atoms with E-state index in [0.29, 0.717) is 0 Å². The quantitative estimate of drug-likeness (QED) is 0.752. The largest absolute Gasteiger partial charge is 0.434 e. The van der Waals surface area contributed by atoms with Crippen LogP contribution in [0, 0.1) is 0 Å². The first kappa shape index (κ1) is 15.8. The van der Waals surface area contributed by atoms with E-state index < -0.39 is 18.4 Å². The van der Waals surface area contributed by atoms with Crippen LogP contribution in [0.2, 0.25) is 0 Å². The SMILES string of the molecule is CN(C)NC(=O)CNC(=O)c1ccccc1OC(F)F. The van der Waals surface area contributed by atoms with E-state index in [2.05, 4.69) is 15.5 Å². The number of alkyl halides is 2. The summed E-state index contributed by atoms with van der Waals surface area (Å²) < 4.78 is 28.6. The molecular formula is C12H15F2N3O3. The summed E-state index contributed by atoms with van der Waals surface area (Å²) in [6.45, 7) is -3.30. The number of ether oxygens (including phenoxy) is 1. The highest BCUT2D eigenvalue weighted by molar-refractivity contribution is 5.98. The van der Waals surface area contributed by atoms with Crippen LogP contribution in [0.1, 0.15) is 10.4 Å². The van der Waals surface area contributed by atoms with Crippen LogP contribution in [0.5, 0.6) is 5.75 Å². The van der Waals surface area contributed by atoms with Crippen molar-refractivity contribution in [2.24, 2.45) is 0 Å². The van der Waals surface area contributed by atoms with E-state index in [1.54, 1.807) is 14.1 Å². The standard InChI is InChI=1S/C12H15F2N3O3/c1-17(2)16-10(18)7-15-11(19)8-5-3-4-6-9(8)20-12(13)14/h3-6,12H,7H2,1-2H3,(H,15,19)(H,16,18). The van der Waals surface area contributed by atoms with Crippen LogP contribution in [0.15, 0.2) is 24.3 Å². The topological polar surface area (TPSA) is 70.7 Å². The van der Waals surface area contributed by atoms with E-state index in [1.807, 2.05) is 0 Å². The summed E-state index contributed by atoms with van der Waals surface area (Å²) in [6.07, 6.45) is 0. The smallest absolute Gasteiger partial charge is 0.387 e. The number of halogens is 2. The molecule has 0 radical (unpaired) electrons. The number of para-hydroxylation sites is 1. The Labute approximate surface area is 114 Å². The van der Waals surface area contributed by atoms with Crippen LogP contribution < -0.4 is 15.5 Å². The molecule has 0 aliphatic carbocycles. The Bertz CT molecular complexity index is 481. The number of nitrogens with zero attached hydrogens (tertiary/aromatic N) is 1. The summed E-state index contributed by atoms with van der Waals surface area (Å²) in [4.78, 5) is 23.1. The maximum Gasteiger partial charge on any atom is 0.387 e. The molecule has 0 aliphatic heterocycles. The molecule has 2 N–H and O–H groups in total. The number of hydrogen-bond acceptors (Lipinski definition) is 4. The number of carbonyl (C=O) groups excluding carboxylic acids is 2. The number of benzene rings is 1. The predicted octanol–water partition coefficient (Wildman–Crippen LogP) is 0.611. The normalized spacial score (nSPS) is 10.5. The second kappa shape index (κ2) is 7.39. The van der Waals surface area contributed by atoms with Gasteiger partial charge in [-0.2, -0.15) is 8.78 Å². The molecule has 6 nitrogen and oxygen atoms in total. The Morgan fingerprint density at radius 1 is 1.30 bits per heavy atom. The van der Waals surface area contributed by atoms with Gasteiger partial charge in [0.25, 0.3) is 11.8 Å². The lowest BCUT2D eigenvalue weighted by molar-refractivity contribution is -0.123. The molecule has 0 aliphatic rings. The minimum Gasteiger partial charge on any atom is -0.434 e. The van der Waals surface area contributed by atoms with Crippen molar-refractivity contribution in [1.29, 1.82) is 0 Å². The van der Waals surface area contributed by atoms with Gasteiger partial charge in [-0.25, -0.2) is 5.01 Å². The molecule has 0 bridgehead atoms. The second-order valence-corrected chi connectivity index (χ2v) is 3.99. The molecule has 1 rings (SSSR count). The molecule has 1 aromatic rings. The van der Waals surface area contributed by atoms with Gasteiger partial charge in [-0.05, 0) is 12.1 Å². The molecule has 0 aromatic heterocycles. The van der Waals surface area contributed by atoms with Crippen LogP contribution in [-0.4, -0.2) is 44.1 Å². The van der Waals surface area contributed by atoms with Crippen LogP contribution in [-0.2, 0) is 4.79 Å². The second-order valence-electron chi connectivity index (χ2n) is 3.99. The number of rotatable bonds is 6. The van der Waals surface area contributed by atoms with Gasteiger partial charge < -0.3 is 10.1 Å². The highest BCUT2D eigenvalue weighted by atomic mass is 19.3. The van der Waals surface area contributed by atoms with Gasteiger partial charge in [-0.1, -0.05) is 12.1 Å². The van der Waals surface area contributed by atoms with Gasteiger partial charge in [0, 0.05) is 14.1 Å². The molecule has 0 fully saturated rings. The van der Waals surface area contributed by atoms with E-state index >= 15 is 0 Å². The van der Waals surface area contributed by atoms with Gasteiger partial charge in [0.1, 0.15) is 5.75 Å². The summed E-state index contributed by atoms with van der Waals surface area (Å²) in [5.41, 5.74) is 2.36. The van der Waals surface area contributed by atoms with E-state index in [4.69, 9.17) is 0 Å². The Kier molecular flexibility index (Phi) is 5.85. The Hall–Kier alpha value is -2.22. The third kappa shape index (κ3) is 5.19. The zero-order chi connectivity index (χ0) is 15.1. The lowest BCUT2D eigenvalue weighted by atomic mass is 10.2. The van der Waals surface area contributed by atoms with E-state index in [0.717, 1.165) is 0 Å². The summed E-state index contributed by atoms with van der Waals surface area (Å²) >= 11 is 0. The van der Waals surface area contributed by atoms with Crippen molar-refractivity contribution in [3.05, 3.63) is 29.8 Å². The highest BCUT2D eigenvalue weighted by Crippen LogP contribution is 2.19. The molecule has 1 aromatic carbocycles. The van der Waals surface area contributed by atoms with E-state index in [9.17, 15) is 18.4 Å². The van der Waals surface area contributed by atoms with Gasteiger partial charge in [0.15, 0.2) is 0 Å².